The van der Waals surface area contributed by atoms with E-state index in [4.69, 9.17) is 5.26 Å². The first kappa shape index (κ1) is 13.5. The number of rotatable bonds is 2. The smallest absolute Gasteiger partial charge is 0.258 e. The monoisotopic (exact) mass is 277 g/mol. The molecule has 1 aromatic carbocycles. The number of nitrogens with zero attached hydrogens (tertiary/aromatic N) is 2. The summed E-state index contributed by atoms with van der Waals surface area (Å²) in [6.45, 7) is 0. The molecule has 2 aromatic rings. The minimum Gasteiger partial charge on any atom is -0.322 e. The third-order valence-corrected chi connectivity index (χ3v) is 2.44. The van der Waals surface area contributed by atoms with Crippen molar-refractivity contribution in [3.8, 4) is 6.07 Å². The largest absolute Gasteiger partial charge is 0.322 e. The predicted molar refractivity (Wildman–Crippen MR) is 63.2 cm³/mol. The number of pyridine rings is 1. The van der Waals surface area contributed by atoms with Crippen LogP contribution >= 0.6 is 0 Å². The van der Waals surface area contributed by atoms with Gasteiger partial charge in [-0.25, -0.2) is 13.8 Å². The van der Waals surface area contributed by atoms with Crippen LogP contribution in [0.4, 0.5) is 18.9 Å². The van der Waals surface area contributed by atoms with Crippen molar-refractivity contribution in [3.63, 3.8) is 0 Å². The van der Waals surface area contributed by atoms with Crippen molar-refractivity contribution in [1.82, 2.24) is 4.98 Å². The predicted octanol–water partition coefficient (Wildman–Crippen LogP) is 2.62. The average molecular weight is 277 g/mol. The number of carbonyl (C=O) groups is 1. The Bertz CT molecular complexity index is 725. The van der Waals surface area contributed by atoms with Crippen molar-refractivity contribution in [2.24, 2.45) is 0 Å². The lowest BCUT2D eigenvalue weighted by molar-refractivity contribution is 0.102. The van der Waals surface area contributed by atoms with Crippen molar-refractivity contribution in [2.75, 3.05) is 5.32 Å². The van der Waals surface area contributed by atoms with Crippen LogP contribution < -0.4 is 5.32 Å². The number of nitrogens with one attached hydrogen (secondary N) is 1. The maximum Gasteiger partial charge on any atom is 0.258 e. The van der Waals surface area contributed by atoms with E-state index in [9.17, 15) is 18.0 Å². The molecular formula is C13H6F3N3O. The van der Waals surface area contributed by atoms with Gasteiger partial charge in [0.15, 0.2) is 5.82 Å². The molecule has 0 aliphatic carbocycles. The van der Waals surface area contributed by atoms with Crippen molar-refractivity contribution in [3.05, 3.63) is 59.2 Å². The minimum atomic E-state index is -1.39. The Balaban J connectivity index is 2.29. The summed E-state index contributed by atoms with van der Waals surface area (Å²) in [5.74, 6) is -4.45. The SMILES string of the molecule is N#Cc1cc(NC(=O)c2ccnc(F)c2F)ccc1F. The van der Waals surface area contributed by atoms with E-state index in [1.54, 1.807) is 6.07 Å². The first-order valence-corrected chi connectivity index (χ1v) is 5.34. The lowest BCUT2D eigenvalue weighted by atomic mass is 10.2. The highest BCUT2D eigenvalue weighted by atomic mass is 19.2. The molecule has 0 atom stereocenters. The Hall–Kier alpha value is -2.88. The Morgan fingerprint density at radius 1 is 1.25 bits per heavy atom. The second kappa shape index (κ2) is 5.40. The number of nitriles is 1. The van der Waals surface area contributed by atoms with Gasteiger partial charge in [0, 0.05) is 11.9 Å². The molecule has 0 saturated carbocycles. The third-order valence-electron chi connectivity index (χ3n) is 2.44. The summed E-state index contributed by atoms with van der Waals surface area (Å²) in [6, 6.07) is 5.87. The molecule has 0 saturated heterocycles. The summed E-state index contributed by atoms with van der Waals surface area (Å²) in [5, 5.41) is 10.9. The Kier molecular flexibility index (Phi) is 3.66. The second-order valence-electron chi connectivity index (χ2n) is 3.72. The normalized spacial score (nSPS) is 9.90. The van der Waals surface area contributed by atoms with Crippen molar-refractivity contribution in [1.29, 1.82) is 5.26 Å². The first-order valence-electron chi connectivity index (χ1n) is 5.34. The second-order valence-corrected chi connectivity index (χ2v) is 3.72. The van der Waals surface area contributed by atoms with Gasteiger partial charge < -0.3 is 5.32 Å². The Morgan fingerprint density at radius 2 is 2.00 bits per heavy atom. The quantitative estimate of drug-likeness (QED) is 0.858. The fourth-order valence-electron chi connectivity index (χ4n) is 1.48. The zero-order valence-electron chi connectivity index (χ0n) is 9.82. The van der Waals surface area contributed by atoms with E-state index in [1.165, 1.54) is 6.07 Å². The number of halogens is 3. The molecule has 0 spiro atoms. The molecule has 1 amide bonds. The molecule has 4 nitrogen and oxygen atoms in total. The highest BCUT2D eigenvalue weighted by Crippen LogP contribution is 2.16. The summed E-state index contributed by atoms with van der Waals surface area (Å²) >= 11 is 0. The van der Waals surface area contributed by atoms with E-state index >= 15 is 0 Å². The fourth-order valence-corrected chi connectivity index (χ4v) is 1.48. The molecule has 100 valence electrons. The Morgan fingerprint density at radius 3 is 2.70 bits per heavy atom. The van der Waals surface area contributed by atoms with E-state index in [1.807, 2.05) is 0 Å². The van der Waals surface area contributed by atoms with Gasteiger partial charge in [-0.3, -0.25) is 4.79 Å². The molecule has 2 rings (SSSR count). The van der Waals surface area contributed by atoms with Gasteiger partial charge in [0.2, 0.25) is 5.95 Å². The summed E-state index contributed by atoms with van der Waals surface area (Å²) in [4.78, 5) is 14.8. The minimum absolute atomic E-state index is 0.0876. The molecule has 0 fully saturated rings. The number of anilines is 1. The molecule has 20 heavy (non-hydrogen) atoms. The number of hydrogen-bond donors (Lipinski definition) is 1. The maximum atomic E-state index is 13.4. The zero-order chi connectivity index (χ0) is 14.7. The molecule has 0 bridgehead atoms. The number of carbonyl (C=O) groups excluding carboxylic acids is 1. The highest BCUT2D eigenvalue weighted by Gasteiger charge is 2.16. The molecule has 0 radical (unpaired) electrons. The average Bonchev–Trinajstić information content (AvgIpc) is 2.43. The number of aromatic nitrogens is 1. The van der Waals surface area contributed by atoms with Crippen LogP contribution in [-0.4, -0.2) is 10.9 Å². The van der Waals surface area contributed by atoms with Crippen LogP contribution in [-0.2, 0) is 0 Å². The van der Waals surface area contributed by atoms with Crippen LogP contribution in [0.25, 0.3) is 0 Å². The van der Waals surface area contributed by atoms with Crippen LogP contribution in [0.5, 0.6) is 0 Å². The van der Waals surface area contributed by atoms with Gasteiger partial charge in [-0.05, 0) is 24.3 Å². The van der Waals surface area contributed by atoms with Crippen molar-refractivity contribution < 1.29 is 18.0 Å². The van der Waals surface area contributed by atoms with E-state index in [-0.39, 0.29) is 11.3 Å². The summed E-state index contributed by atoms with van der Waals surface area (Å²) in [7, 11) is 0. The van der Waals surface area contributed by atoms with Gasteiger partial charge >= 0.3 is 0 Å². The van der Waals surface area contributed by atoms with Crippen molar-refractivity contribution in [2.45, 2.75) is 0 Å². The summed E-state index contributed by atoms with van der Waals surface area (Å²) in [6.07, 6.45) is 0.943. The van der Waals surface area contributed by atoms with Crippen LogP contribution in [0, 0.1) is 28.9 Å². The van der Waals surface area contributed by atoms with Gasteiger partial charge in [-0.2, -0.15) is 9.65 Å². The lowest BCUT2D eigenvalue weighted by Crippen LogP contribution is -2.15. The summed E-state index contributed by atoms with van der Waals surface area (Å²) < 4.78 is 39.3. The lowest BCUT2D eigenvalue weighted by Gasteiger charge is -2.06. The fraction of sp³-hybridized carbons (Fsp3) is 0. The van der Waals surface area contributed by atoms with E-state index in [0.717, 1.165) is 24.4 Å². The van der Waals surface area contributed by atoms with Gasteiger partial charge in [-0.1, -0.05) is 0 Å². The molecule has 0 aliphatic rings. The van der Waals surface area contributed by atoms with E-state index in [2.05, 4.69) is 10.3 Å². The van der Waals surface area contributed by atoms with E-state index < -0.39 is 29.1 Å². The van der Waals surface area contributed by atoms with Gasteiger partial charge in [0.1, 0.15) is 11.9 Å². The summed E-state index contributed by atoms with van der Waals surface area (Å²) in [5.41, 5.74) is -0.728. The number of amides is 1. The molecule has 1 N–H and O–H groups in total. The van der Waals surface area contributed by atoms with Gasteiger partial charge in [0.25, 0.3) is 5.91 Å². The van der Waals surface area contributed by atoms with Crippen LogP contribution in [0.2, 0.25) is 0 Å². The molecule has 1 heterocycles. The molecular weight excluding hydrogens is 271 g/mol. The van der Waals surface area contributed by atoms with Gasteiger partial charge in [-0.15, -0.1) is 0 Å². The molecule has 0 unspecified atom stereocenters. The molecule has 0 aliphatic heterocycles. The topological polar surface area (TPSA) is 65.8 Å². The standard InChI is InChI=1S/C13H6F3N3O/c14-10-2-1-8(5-7(10)6-17)19-13(20)9-3-4-18-12(16)11(9)15/h1-5H,(H,19,20). The first-order chi connectivity index (χ1) is 9.52. The number of hydrogen-bond acceptors (Lipinski definition) is 3. The zero-order valence-corrected chi connectivity index (χ0v) is 9.82. The van der Waals surface area contributed by atoms with Gasteiger partial charge in [0.05, 0.1) is 11.1 Å². The Labute approximate surface area is 111 Å². The van der Waals surface area contributed by atoms with E-state index in [0.29, 0.717) is 0 Å². The number of benzene rings is 1. The molecule has 7 heteroatoms. The molecule has 1 aromatic heterocycles. The third kappa shape index (κ3) is 2.59. The van der Waals surface area contributed by atoms with Crippen LogP contribution in [0.3, 0.4) is 0 Å². The van der Waals surface area contributed by atoms with Crippen LogP contribution in [0.15, 0.2) is 30.5 Å². The maximum absolute atomic E-state index is 13.4. The highest BCUT2D eigenvalue weighted by molar-refractivity contribution is 6.04. The van der Waals surface area contributed by atoms with Crippen molar-refractivity contribution >= 4 is 11.6 Å². The van der Waals surface area contributed by atoms with Crippen LogP contribution in [0.1, 0.15) is 15.9 Å².